The maximum atomic E-state index is 12.2. The first kappa shape index (κ1) is 15.0. The van der Waals surface area contributed by atoms with Gasteiger partial charge in [-0.25, -0.2) is 0 Å². The molecule has 2 N–H and O–H groups in total. The number of nitrogens with one attached hydrogen (secondary N) is 2. The van der Waals surface area contributed by atoms with Gasteiger partial charge in [0.15, 0.2) is 0 Å². The van der Waals surface area contributed by atoms with Crippen LogP contribution < -0.4 is 15.5 Å². The van der Waals surface area contributed by atoms with Crippen molar-refractivity contribution in [3.8, 4) is 0 Å². The van der Waals surface area contributed by atoms with E-state index in [0.29, 0.717) is 6.42 Å². The monoisotopic (exact) mass is 301 g/mol. The first-order valence-electron chi connectivity index (χ1n) is 8.06. The number of anilines is 1. The Morgan fingerprint density at radius 1 is 1.45 bits per heavy atom. The lowest BCUT2D eigenvalue weighted by Gasteiger charge is -2.20. The van der Waals surface area contributed by atoms with E-state index in [9.17, 15) is 9.59 Å². The van der Waals surface area contributed by atoms with Crippen molar-refractivity contribution in [3.63, 3.8) is 0 Å². The van der Waals surface area contributed by atoms with Crippen molar-refractivity contribution >= 4 is 17.5 Å². The highest BCUT2D eigenvalue weighted by atomic mass is 16.2. The van der Waals surface area contributed by atoms with Crippen molar-refractivity contribution < 1.29 is 9.59 Å². The topological polar surface area (TPSA) is 61.4 Å². The molecule has 5 nitrogen and oxygen atoms in total. The van der Waals surface area contributed by atoms with E-state index in [-0.39, 0.29) is 23.8 Å². The standard InChI is InChI=1S/C17H23N3O2/c1-12(19-17(22)14-7-8-18-11-14)13-4-2-5-15(10-13)20-9-3-6-16(20)21/h2,4-5,10,12,14,18H,3,6-9,11H2,1H3,(H,19,22). The van der Waals surface area contributed by atoms with E-state index in [1.807, 2.05) is 36.1 Å². The number of nitrogens with zero attached hydrogens (tertiary/aromatic N) is 1. The molecule has 118 valence electrons. The highest BCUT2D eigenvalue weighted by Gasteiger charge is 2.25. The zero-order valence-corrected chi connectivity index (χ0v) is 13.0. The van der Waals surface area contributed by atoms with Crippen LogP contribution in [-0.2, 0) is 9.59 Å². The van der Waals surface area contributed by atoms with Gasteiger partial charge in [-0.1, -0.05) is 12.1 Å². The number of carbonyl (C=O) groups is 2. The summed E-state index contributed by atoms with van der Waals surface area (Å²) in [4.78, 5) is 25.9. The molecule has 2 fully saturated rings. The number of carbonyl (C=O) groups excluding carboxylic acids is 2. The molecule has 2 amide bonds. The molecule has 0 spiro atoms. The van der Waals surface area contributed by atoms with Crippen molar-refractivity contribution in [2.75, 3.05) is 24.5 Å². The summed E-state index contributed by atoms with van der Waals surface area (Å²) < 4.78 is 0. The molecule has 0 aliphatic carbocycles. The van der Waals surface area contributed by atoms with Crippen LogP contribution in [0.5, 0.6) is 0 Å². The summed E-state index contributed by atoms with van der Waals surface area (Å²) in [6, 6.07) is 7.88. The fraction of sp³-hybridized carbons (Fsp3) is 0.529. The Hall–Kier alpha value is -1.88. The molecule has 2 aliphatic rings. The zero-order valence-electron chi connectivity index (χ0n) is 13.0. The summed E-state index contributed by atoms with van der Waals surface area (Å²) in [6.07, 6.45) is 2.45. The van der Waals surface area contributed by atoms with Crippen molar-refractivity contribution in [2.24, 2.45) is 5.92 Å². The summed E-state index contributed by atoms with van der Waals surface area (Å²) in [5.41, 5.74) is 1.97. The smallest absolute Gasteiger partial charge is 0.227 e. The fourth-order valence-corrected chi connectivity index (χ4v) is 3.18. The average Bonchev–Trinajstić information content (AvgIpc) is 3.18. The van der Waals surface area contributed by atoms with Crippen LogP contribution in [0.2, 0.25) is 0 Å². The van der Waals surface area contributed by atoms with Crippen LogP contribution in [0.25, 0.3) is 0 Å². The van der Waals surface area contributed by atoms with Crippen LogP contribution >= 0.6 is 0 Å². The Kier molecular flexibility index (Phi) is 4.43. The maximum absolute atomic E-state index is 12.2. The molecule has 0 bridgehead atoms. The van der Waals surface area contributed by atoms with Gasteiger partial charge in [0.1, 0.15) is 0 Å². The van der Waals surface area contributed by atoms with Crippen molar-refractivity contribution in [1.82, 2.24) is 10.6 Å². The summed E-state index contributed by atoms with van der Waals surface area (Å²) in [5.74, 6) is 0.372. The van der Waals surface area contributed by atoms with Gasteiger partial charge in [0.2, 0.25) is 11.8 Å². The summed E-state index contributed by atoms with van der Waals surface area (Å²) >= 11 is 0. The summed E-state index contributed by atoms with van der Waals surface area (Å²) in [5, 5.41) is 6.30. The number of benzene rings is 1. The Balaban J connectivity index is 1.68. The van der Waals surface area contributed by atoms with Gasteiger partial charge in [0, 0.05) is 25.2 Å². The molecular formula is C17H23N3O2. The molecule has 0 radical (unpaired) electrons. The number of rotatable bonds is 4. The Morgan fingerprint density at radius 3 is 3.00 bits per heavy atom. The molecule has 22 heavy (non-hydrogen) atoms. The normalized spacial score (nSPS) is 22.9. The van der Waals surface area contributed by atoms with Gasteiger partial charge in [-0.15, -0.1) is 0 Å². The maximum Gasteiger partial charge on any atom is 0.227 e. The third-order valence-corrected chi connectivity index (χ3v) is 4.55. The zero-order chi connectivity index (χ0) is 15.5. The molecule has 2 atom stereocenters. The van der Waals surface area contributed by atoms with E-state index in [1.54, 1.807) is 0 Å². The second-order valence-corrected chi connectivity index (χ2v) is 6.16. The molecule has 1 aromatic rings. The van der Waals surface area contributed by atoms with Gasteiger partial charge in [0.05, 0.1) is 12.0 Å². The van der Waals surface area contributed by atoms with E-state index in [0.717, 1.165) is 43.7 Å². The second-order valence-electron chi connectivity index (χ2n) is 6.16. The van der Waals surface area contributed by atoms with Gasteiger partial charge >= 0.3 is 0 Å². The first-order chi connectivity index (χ1) is 10.6. The number of amides is 2. The van der Waals surface area contributed by atoms with Crippen molar-refractivity contribution in [1.29, 1.82) is 0 Å². The van der Waals surface area contributed by atoms with Crippen LogP contribution in [0.3, 0.4) is 0 Å². The molecule has 5 heteroatoms. The molecule has 2 unspecified atom stereocenters. The number of hydrogen-bond donors (Lipinski definition) is 2. The highest BCUT2D eigenvalue weighted by molar-refractivity contribution is 5.95. The highest BCUT2D eigenvalue weighted by Crippen LogP contribution is 2.25. The molecule has 2 saturated heterocycles. The lowest BCUT2D eigenvalue weighted by atomic mass is 10.0. The fourth-order valence-electron chi connectivity index (χ4n) is 3.18. The minimum absolute atomic E-state index is 0.0502. The van der Waals surface area contributed by atoms with Gasteiger partial charge in [-0.3, -0.25) is 9.59 Å². The van der Waals surface area contributed by atoms with Gasteiger partial charge in [-0.05, 0) is 44.0 Å². The first-order valence-corrected chi connectivity index (χ1v) is 8.06. The quantitative estimate of drug-likeness (QED) is 0.888. The van der Waals surface area contributed by atoms with Crippen LogP contribution in [-0.4, -0.2) is 31.4 Å². The second kappa shape index (κ2) is 6.48. The van der Waals surface area contributed by atoms with Crippen LogP contribution in [0, 0.1) is 5.92 Å². The Labute approximate surface area is 131 Å². The largest absolute Gasteiger partial charge is 0.349 e. The van der Waals surface area contributed by atoms with E-state index in [2.05, 4.69) is 10.6 Å². The Bertz CT molecular complexity index is 567. The molecule has 2 heterocycles. The average molecular weight is 301 g/mol. The molecular weight excluding hydrogens is 278 g/mol. The molecule has 0 aromatic heterocycles. The summed E-state index contributed by atoms with van der Waals surface area (Å²) in [6.45, 7) is 4.46. The molecule has 2 aliphatic heterocycles. The van der Waals surface area contributed by atoms with Gasteiger partial charge in [0.25, 0.3) is 0 Å². The van der Waals surface area contributed by atoms with E-state index in [4.69, 9.17) is 0 Å². The predicted molar refractivity (Wildman–Crippen MR) is 85.6 cm³/mol. The van der Waals surface area contributed by atoms with Crippen LogP contribution in [0.1, 0.15) is 37.8 Å². The number of hydrogen-bond acceptors (Lipinski definition) is 3. The van der Waals surface area contributed by atoms with Gasteiger partial charge in [-0.2, -0.15) is 0 Å². The molecule has 3 rings (SSSR count). The van der Waals surface area contributed by atoms with Crippen molar-refractivity contribution in [2.45, 2.75) is 32.2 Å². The lowest BCUT2D eigenvalue weighted by Crippen LogP contribution is -2.34. The van der Waals surface area contributed by atoms with Crippen LogP contribution in [0.15, 0.2) is 24.3 Å². The third kappa shape index (κ3) is 3.14. The summed E-state index contributed by atoms with van der Waals surface area (Å²) in [7, 11) is 0. The Morgan fingerprint density at radius 2 is 2.32 bits per heavy atom. The van der Waals surface area contributed by atoms with E-state index >= 15 is 0 Å². The van der Waals surface area contributed by atoms with E-state index in [1.165, 1.54) is 0 Å². The minimum atomic E-state index is -0.0502. The van der Waals surface area contributed by atoms with E-state index < -0.39 is 0 Å². The van der Waals surface area contributed by atoms with Crippen LogP contribution in [0.4, 0.5) is 5.69 Å². The van der Waals surface area contributed by atoms with Crippen molar-refractivity contribution in [3.05, 3.63) is 29.8 Å². The van der Waals surface area contributed by atoms with Gasteiger partial charge < -0.3 is 15.5 Å². The third-order valence-electron chi connectivity index (χ3n) is 4.55. The minimum Gasteiger partial charge on any atom is -0.349 e. The lowest BCUT2D eigenvalue weighted by molar-refractivity contribution is -0.125. The SMILES string of the molecule is CC(NC(=O)C1CCNC1)c1cccc(N2CCCC2=O)c1. The predicted octanol–water partition coefficient (Wildman–Crippen LogP) is 1.60. The molecule has 0 saturated carbocycles. The molecule has 1 aromatic carbocycles.